The van der Waals surface area contributed by atoms with Gasteiger partial charge in [-0.2, -0.15) is 9.97 Å². The van der Waals surface area contributed by atoms with Crippen molar-refractivity contribution in [2.75, 3.05) is 22.9 Å². The number of anilines is 3. The summed E-state index contributed by atoms with van der Waals surface area (Å²) in [6, 6.07) is 1.69. The maximum absolute atomic E-state index is 11.4. The third kappa shape index (κ3) is 3.22. The standard InChI is InChI=1S/C11H20N6O/c1-4-11(3,9(12)18)17-8-6-7(14-5-2)15-10(13)16-8/h6H,4-5H2,1-3H3,(H2,12,18)(H4,13,14,15,16,17). The van der Waals surface area contributed by atoms with Gasteiger partial charge in [-0.25, -0.2) is 0 Å². The second-order valence-corrected chi connectivity index (χ2v) is 4.20. The normalized spacial score (nSPS) is 13.7. The number of hydrogen-bond acceptors (Lipinski definition) is 6. The number of nitrogens with one attached hydrogen (secondary N) is 2. The zero-order valence-electron chi connectivity index (χ0n) is 10.9. The first kappa shape index (κ1) is 14.0. The molecule has 7 nitrogen and oxygen atoms in total. The summed E-state index contributed by atoms with van der Waals surface area (Å²) in [6.07, 6.45) is 0.544. The second-order valence-electron chi connectivity index (χ2n) is 4.20. The lowest BCUT2D eigenvalue weighted by atomic mass is 9.98. The average Bonchev–Trinajstić information content (AvgIpc) is 2.28. The van der Waals surface area contributed by atoms with Crippen molar-refractivity contribution in [3.63, 3.8) is 0 Å². The molecule has 0 radical (unpaired) electrons. The molecule has 0 aliphatic heterocycles. The smallest absolute Gasteiger partial charge is 0.242 e. The number of primary amides is 1. The minimum Gasteiger partial charge on any atom is -0.370 e. The summed E-state index contributed by atoms with van der Waals surface area (Å²) in [5.41, 5.74) is 10.1. The monoisotopic (exact) mass is 252 g/mol. The van der Waals surface area contributed by atoms with Crippen molar-refractivity contribution >= 4 is 23.5 Å². The van der Waals surface area contributed by atoms with Gasteiger partial charge in [-0.05, 0) is 20.3 Å². The van der Waals surface area contributed by atoms with E-state index in [9.17, 15) is 4.79 Å². The Balaban J connectivity index is 2.99. The third-order valence-corrected chi connectivity index (χ3v) is 2.76. The Morgan fingerprint density at radius 1 is 1.39 bits per heavy atom. The van der Waals surface area contributed by atoms with Crippen LogP contribution in [0, 0.1) is 0 Å². The minimum atomic E-state index is -0.857. The van der Waals surface area contributed by atoms with E-state index in [1.165, 1.54) is 0 Å². The van der Waals surface area contributed by atoms with Crippen molar-refractivity contribution < 1.29 is 4.79 Å². The lowest BCUT2D eigenvalue weighted by Gasteiger charge is -2.26. The highest BCUT2D eigenvalue weighted by Crippen LogP contribution is 2.19. The Morgan fingerprint density at radius 2 is 2.00 bits per heavy atom. The highest BCUT2D eigenvalue weighted by Gasteiger charge is 2.29. The molecule has 7 heteroatoms. The van der Waals surface area contributed by atoms with Crippen LogP contribution in [0.15, 0.2) is 6.07 Å². The first-order valence-electron chi connectivity index (χ1n) is 5.87. The molecule has 6 N–H and O–H groups in total. The molecule has 18 heavy (non-hydrogen) atoms. The van der Waals surface area contributed by atoms with Gasteiger partial charge in [0.25, 0.3) is 0 Å². The van der Waals surface area contributed by atoms with Gasteiger partial charge in [0.2, 0.25) is 11.9 Å². The molecule has 1 aromatic heterocycles. The minimum absolute atomic E-state index is 0.138. The second kappa shape index (κ2) is 5.52. The molecule has 1 unspecified atom stereocenters. The number of nitrogens with two attached hydrogens (primary N) is 2. The largest absolute Gasteiger partial charge is 0.370 e. The summed E-state index contributed by atoms with van der Waals surface area (Å²) >= 11 is 0. The van der Waals surface area contributed by atoms with Crippen molar-refractivity contribution in [1.29, 1.82) is 0 Å². The fraction of sp³-hybridized carbons (Fsp3) is 0.545. The number of rotatable bonds is 6. The van der Waals surface area contributed by atoms with Crippen LogP contribution in [-0.2, 0) is 4.79 Å². The number of amides is 1. The van der Waals surface area contributed by atoms with E-state index in [-0.39, 0.29) is 5.95 Å². The summed E-state index contributed by atoms with van der Waals surface area (Å²) in [5.74, 6) is 0.781. The van der Waals surface area contributed by atoms with Crippen LogP contribution >= 0.6 is 0 Å². The summed E-state index contributed by atoms with van der Waals surface area (Å²) in [6.45, 7) is 6.26. The highest BCUT2D eigenvalue weighted by molar-refractivity contribution is 5.87. The quantitative estimate of drug-likeness (QED) is 0.587. The molecule has 1 amide bonds. The van der Waals surface area contributed by atoms with E-state index in [4.69, 9.17) is 11.5 Å². The molecule has 0 spiro atoms. The zero-order chi connectivity index (χ0) is 13.8. The number of hydrogen-bond donors (Lipinski definition) is 4. The first-order valence-corrected chi connectivity index (χ1v) is 5.87. The van der Waals surface area contributed by atoms with Crippen molar-refractivity contribution in [3.05, 3.63) is 6.07 Å². The van der Waals surface area contributed by atoms with Gasteiger partial charge in [-0.1, -0.05) is 6.92 Å². The summed E-state index contributed by atoms with van der Waals surface area (Å²) in [7, 11) is 0. The van der Waals surface area contributed by atoms with Crippen molar-refractivity contribution in [1.82, 2.24) is 9.97 Å². The van der Waals surface area contributed by atoms with E-state index in [0.29, 0.717) is 18.1 Å². The van der Waals surface area contributed by atoms with E-state index in [1.54, 1.807) is 13.0 Å². The van der Waals surface area contributed by atoms with Gasteiger partial charge in [0, 0.05) is 12.6 Å². The SMILES string of the molecule is CCNc1cc(NC(C)(CC)C(N)=O)nc(N)n1. The number of carbonyl (C=O) groups excluding carboxylic acids is 1. The van der Waals surface area contributed by atoms with Crippen LogP contribution in [0.1, 0.15) is 27.2 Å². The lowest BCUT2D eigenvalue weighted by molar-refractivity contribution is -0.121. The maximum atomic E-state index is 11.4. The summed E-state index contributed by atoms with van der Waals surface area (Å²) in [4.78, 5) is 19.5. The third-order valence-electron chi connectivity index (χ3n) is 2.76. The number of nitrogens with zero attached hydrogens (tertiary/aromatic N) is 2. The zero-order valence-corrected chi connectivity index (χ0v) is 10.9. The Bertz CT molecular complexity index is 436. The van der Waals surface area contributed by atoms with Crippen LogP contribution in [0.4, 0.5) is 17.6 Å². The average molecular weight is 252 g/mol. The number of aromatic nitrogens is 2. The van der Waals surface area contributed by atoms with Crippen LogP contribution in [0.25, 0.3) is 0 Å². The lowest BCUT2D eigenvalue weighted by Crippen LogP contribution is -2.47. The van der Waals surface area contributed by atoms with Crippen molar-refractivity contribution in [2.24, 2.45) is 5.73 Å². The van der Waals surface area contributed by atoms with Gasteiger partial charge in [0.05, 0.1) is 0 Å². The Labute approximate surface area is 106 Å². The number of carbonyl (C=O) groups is 1. The molecular weight excluding hydrogens is 232 g/mol. The molecule has 1 aromatic rings. The van der Waals surface area contributed by atoms with Crippen LogP contribution in [0.5, 0.6) is 0 Å². The van der Waals surface area contributed by atoms with E-state index in [2.05, 4.69) is 20.6 Å². The van der Waals surface area contributed by atoms with Crippen LogP contribution in [0.2, 0.25) is 0 Å². The van der Waals surface area contributed by atoms with E-state index >= 15 is 0 Å². The van der Waals surface area contributed by atoms with E-state index in [1.807, 2.05) is 13.8 Å². The Hall–Kier alpha value is -2.05. The molecule has 0 aromatic carbocycles. The van der Waals surface area contributed by atoms with Crippen molar-refractivity contribution in [3.8, 4) is 0 Å². The predicted molar refractivity (Wildman–Crippen MR) is 72.1 cm³/mol. The molecule has 100 valence electrons. The van der Waals surface area contributed by atoms with Gasteiger partial charge in [-0.3, -0.25) is 4.79 Å². The van der Waals surface area contributed by atoms with Gasteiger partial charge >= 0.3 is 0 Å². The van der Waals surface area contributed by atoms with Gasteiger partial charge in [-0.15, -0.1) is 0 Å². The summed E-state index contributed by atoms with van der Waals surface area (Å²) in [5, 5.41) is 6.03. The Kier molecular flexibility index (Phi) is 4.30. The number of nitrogen functional groups attached to an aromatic ring is 1. The predicted octanol–water partition coefficient (Wildman–Crippen LogP) is 0.557. The maximum Gasteiger partial charge on any atom is 0.242 e. The van der Waals surface area contributed by atoms with Gasteiger partial charge in [0.15, 0.2) is 0 Å². The van der Waals surface area contributed by atoms with Gasteiger partial charge < -0.3 is 22.1 Å². The molecular formula is C11H20N6O. The molecule has 1 rings (SSSR count). The summed E-state index contributed by atoms with van der Waals surface area (Å²) < 4.78 is 0. The highest BCUT2D eigenvalue weighted by atomic mass is 16.1. The molecule has 0 saturated heterocycles. The topological polar surface area (TPSA) is 119 Å². The first-order chi connectivity index (χ1) is 8.41. The van der Waals surface area contributed by atoms with Crippen molar-refractivity contribution in [2.45, 2.75) is 32.7 Å². The van der Waals surface area contributed by atoms with E-state index < -0.39 is 11.4 Å². The van der Waals surface area contributed by atoms with E-state index in [0.717, 1.165) is 6.54 Å². The fourth-order valence-electron chi connectivity index (χ4n) is 1.41. The molecule has 1 heterocycles. The molecule has 0 bridgehead atoms. The molecule has 0 fully saturated rings. The van der Waals surface area contributed by atoms with Gasteiger partial charge in [0.1, 0.15) is 17.2 Å². The molecule has 0 aliphatic carbocycles. The fourth-order valence-corrected chi connectivity index (χ4v) is 1.41. The molecule has 0 saturated carbocycles. The van der Waals surface area contributed by atoms with Crippen LogP contribution < -0.4 is 22.1 Å². The molecule has 1 atom stereocenters. The molecule has 0 aliphatic rings. The van der Waals surface area contributed by atoms with Crippen LogP contribution in [-0.4, -0.2) is 28.0 Å². The Morgan fingerprint density at radius 3 is 2.50 bits per heavy atom. The van der Waals surface area contributed by atoms with Crippen LogP contribution in [0.3, 0.4) is 0 Å².